The maximum Gasteiger partial charge on any atom is 0.215 e. The first-order chi connectivity index (χ1) is 7.43. The number of ether oxygens (including phenoxy) is 1. The Labute approximate surface area is 114 Å². The summed E-state index contributed by atoms with van der Waals surface area (Å²) >= 11 is 6.65. The van der Waals surface area contributed by atoms with Gasteiger partial charge in [0.1, 0.15) is 0 Å². The van der Waals surface area contributed by atoms with Gasteiger partial charge >= 0.3 is 0 Å². The fourth-order valence-corrected chi connectivity index (χ4v) is 4.89. The van der Waals surface area contributed by atoms with Gasteiger partial charge in [0.25, 0.3) is 0 Å². The molecule has 1 aliphatic rings. The first kappa shape index (κ1) is 14.9. The molecule has 0 radical (unpaired) electrons. The molecule has 0 aromatic heterocycles. The van der Waals surface area contributed by atoms with Gasteiger partial charge in [0, 0.05) is 29.4 Å². The van der Waals surface area contributed by atoms with Crippen LogP contribution in [0.5, 0.6) is 0 Å². The van der Waals surface area contributed by atoms with E-state index in [2.05, 4.69) is 36.6 Å². The fourth-order valence-electron chi connectivity index (χ4n) is 1.50. The van der Waals surface area contributed by atoms with Gasteiger partial charge in [-0.1, -0.05) is 31.9 Å². The number of alkyl halides is 2. The Balaban J connectivity index is 2.70. The summed E-state index contributed by atoms with van der Waals surface area (Å²) in [7, 11) is -3.26. The van der Waals surface area contributed by atoms with Crippen molar-refractivity contribution in [2.75, 3.05) is 23.9 Å². The quantitative estimate of drug-likeness (QED) is 0.739. The predicted octanol–water partition coefficient (Wildman–Crippen LogP) is 1.63. The molecule has 1 N–H and O–H groups in total. The van der Waals surface area contributed by atoms with Crippen molar-refractivity contribution in [1.82, 2.24) is 4.72 Å². The largest absolute Gasteiger partial charge is 0.381 e. The molecular formula is C9H17Br2NO3S. The molecule has 1 rings (SSSR count). The second-order valence-corrected chi connectivity index (χ2v) is 7.37. The molecule has 0 saturated carbocycles. The molecule has 0 spiro atoms. The van der Waals surface area contributed by atoms with E-state index >= 15 is 0 Å². The fraction of sp³-hybridized carbons (Fsp3) is 1.00. The molecular weight excluding hydrogens is 362 g/mol. The van der Waals surface area contributed by atoms with Crippen LogP contribution in [0.1, 0.15) is 19.8 Å². The first-order valence-corrected chi connectivity index (χ1v) is 8.95. The molecule has 1 fully saturated rings. The van der Waals surface area contributed by atoms with Crippen molar-refractivity contribution in [3.63, 3.8) is 0 Å². The molecule has 0 aromatic carbocycles. The predicted molar refractivity (Wildman–Crippen MR) is 71.9 cm³/mol. The molecule has 96 valence electrons. The lowest BCUT2D eigenvalue weighted by Crippen LogP contribution is -2.52. The van der Waals surface area contributed by atoms with Crippen LogP contribution in [0.2, 0.25) is 0 Å². The van der Waals surface area contributed by atoms with Crippen molar-refractivity contribution in [2.24, 2.45) is 0 Å². The molecule has 0 aliphatic carbocycles. The summed E-state index contributed by atoms with van der Waals surface area (Å²) in [6.45, 7) is 2.93. The summed E-state index contributed by atoms with van der Waals surface area (Å²) in [5.41, 5.74) is -0.475. The highest BCUT2D eigenvalue weighted by Crippen LogP contribution is 2.19. The second kappa shape index (κ2) is 6.13. The summed E-state index contributed by atoms with van der Waals surface area (Å²) in [5, 5.41) is 0.833. The summed E-state index contributed by atoms with van der Waals surface area (Å²) in [4.78, 5) is 0. The SMILES string of the molecule is CC(CBr)(CBr)NS(=O)(=O)C1CCOCC1. The Bertz CT molecular complexity index is 311. The van der Waals surface area contributed by atoms with Crippen molar-refractivity contribution >= 4 is 41.9 Å². The number of halogens is 2. The number of rotatable bonds is 5. The van der Waals surface area contributed by atoms with E-state index in [1.54, 1.807) is 0 Å². The van der Waals surface area contributed by atoms with E-state index in [1.807, 2.05) is 6.92 Å². The van der Waals surface area contributed by atoms with Crippen LogP contribution in [0.15, 0.2) is 0 Å². The van der Waals surface area contributed by atoms with Crippen molar-refractivity contribution in [3.05, 3.63) is 0 Å². The minimum Gasteiger partial charge on any atom is -0.381 e. The lowest BCUT2D eigenvalue weighted by molar-refractivity contribution is 0.0980. The van der Waals surface area contributed by atoms with E-state index in [4.69, 9.17) is 4.74 Å². The van der Waals surface area contributed by atoms with Gasteiger partial charge in [-0.3, -0.25) is 0 Å². The third-order valence-electron chi connectivity index (χ3n) is 2.59. The lowest BCUT2D eigenvalue weighted by Gasteiger charge is -2.30. The van der Waals surface area contributed by atoms with E-state index in [0.717, 1.165) is 0 Å². The zero-order valence-electron chi connectivity index (χ0n) is 9.21. The zero-order valence-corrected chi connectivity index (χ0v) is 13.2. The van der Waals surface area contributed by atoms with Gasteiger partial charge in [-0.05, 0) is 19.8 Å². The highest BCUT2D eigenvalue weighted by atomic mass is 79.9. The molecule has 0 aromatic rings. The van der Waals surface area contributed by atoms with Crippen LogP contribution in [0.3, 0.4) is 0 Å². The molecule has 7 heteroatoms. The molecule has 1 heterocycles. The smallest absolute Gasteiger partial charge is 0.215 e. The third kappa shape index (κ3) is 3.94. The Kier molecular flexibility index (Phi) is 5.71. The van der Waals surface area contributed by atoms with Crippen LogP contribution in [-0.2, 0) is 14.8 Å². The molecule has 1 saturated heterocycles. The molecule has 1 aliphatic heterocycles. The standard InChI is InChI=1S/C9H17Br2NO3S/c1-9(6-10,7-11)12-16(13,14)8-2-4-15-5-3-8/h8,12H,2-7H2,1H3. The van der Waals surface area contributed by atoms with Gasteiger partial charge < -0.3 is 4.74 Å². The average Bonchev–Trinajstić information content (AvgIpc) is 2.29. The second-order valence-electron chi connectivity index (χ2n) is 4.29. The normalized spacial score (nSPS) is 19.9. The summed E-state index contributed by atoms with van der Waals surface area (Å²) < 4.78 is 32.1. The Morgan fingerprint density at radius 1 is 1.31 bits per heavy atom. The molecule has 4 nitrogen and oxygen atoms in total. The van der Waals surface area contributed by atoms with E-state index < -0.39 is 15.6 Å². The van der Waals surface area contributed by atoms with Gasteiger partial charge in [0.2, 0.25) is 10.0 Å². The van der Waals surface area contributed by atoms with Crippen molar-refractivity contribution in [1.29, 1.82) is 0 Å². The van der Waals surface area contributed by atoms with Gasteiger partial charge in [0.15, 0.2) is 0 Å². The van der Waals surface area contributed by atoms with Gasteiger partial charge in [-0.25, -0.2) is 13.1 Å². The first-order valence-electron chi connectivity index (χ1n) is 5.16. The monoisotopic (exact) mass is 377 g/mol. The number of sulfonamides is 1. The highest BCUT2D eigenvalue weighted by Gasteiger charge is 2.34. The number of nitrogens with one attached hydrogen (secondary N) is 1. The van der Waals surface area contributed by atoms with Gasteiger partial charge in [-0.15, -0.1) is 0 Å². The Morgan fingerprint density at radius 2 is 1.81 bits per heavy atom. The van der Waals surface area contributed by atoms with Crippen molar-refractivity contribution < 1.29 is 13.2 Å². The van der Waals surface area contributed by atoms with Crippen LogP contribution >= 0.6 is 31.9 Å². The Hall–Kier alpha value is 0.830. The van der Waals surface area contributed by atoms with E-state index in [1.165, 1.54) is 0 Å². The summed E-state index contributed by atoms with van der Waals surface area (Å²) in [6, 6.07) is 0. The molecule has 16 heavy (non-hydrogen) atoms. The van der Waals surface area contributed by atoms with Crippen LogP contribution < -0.4 is 4.72 Å². The lowest BCUT2D eigenvalue weighted by atomic mass is 10.1. The molecule has 0 bridgehead atoms. The van der Waals surface area contributed by atoms with Crippen LogP contribution in [0.25, 0.3) is 0 Å². The maximum atomic E-state index is 12.1. The average molecular weight is 379 g/mol. The van der Waals surface area contributed by atoms with Crippen molar-refractivity contribution in [3.8, 4) is 0 Å². The van der Waals surface area contributed by atoms with Crippen molar-refractivity contribution in [2.45, 2.75) is 30.6 Å². The van der Waals surface area contributed by atoms with E-state index in [0.29, 0.717) is 36.7 Å². The van der Waals surface area contributed by atoms with E-state index in [9.17, 15) is 8.42 Å². The number of hydrogen-bond donors (Lipinski definition) is 1. The number of hydrogen-bond acceptors (Lipinski definition) is 3. The minimum absolute atomic E-state index is 0.321. The van der Waals surface area contributed by atoms with Crippen LogP contribution in [0, 0.1) is 0 Å². The van der Waals surface area contributed by atoms with E-state index in [-0.39, 0.29) is 5.25 Å². The van der Waals surface area contributed by atoms with Gasteiger partial charge in [0.05, 0.1) is 5.25 Å². The van der Waals surface area contributed by atoms with Gasteiger partial charge in [-0.2, -0.15) is 0 Å². The summed E-state index contributed by atoms with van der Waals surface area (Å²) in [6.07, 6.45) is 1.16. The topological polar surface area (TPSA) is 55.4 Å². The maximum absolute atomic E-state index is 12.1. The highest BCUT2D eigenvalue weighted by molar-refractivity contribution is 9.09. The minimum atomic E-state index is -3.26. The summed E-state index contributed by atoms with van der Waals surface area (Å²) in [5.74, 6) is 0. The van der Waals surface area contributed by atoms with Crippen LogP contribution in [0.4, 0.5) is 0 Å². The Morgan fingerprint density at radius 3 is 2.25 bits per heavy atom. The molecule has 0 amide bonds. The zero-order chi connectivity index (χ0) is 12.2. The molecule has 0 unspecified atom stereocenters. The molecule has 0 atom stereocenters. The van der Waals surface area contributed by atoms with Crippen LogP contribution in [-0.4, -0.2) is 43.1 Å². The third-order valence-corrected chi connectivity index (χ3v) is 7.19.